The van der Waals surface area contributed by atoms with Crippen LogP contribution in [0.1, 0.15) is 30.5 Å². The number of aromatic nitrogens is 5. The first-order chi connectivity index (χ1) is 18.9. The Hall–Kier alpha value is -4.10. The number of carbonyl (C=O) groups is 1. The Labute approximate surface area is 228 Å². The average Bonchev–Trinajstić information content (AvgIpc) is 3.48. The molecule has 1 fully saturated rings. The summed E-state index contributed by atoms with van der Waals surface area (Å²) in [6.45, 7) is 11.0. The van der Waals surface area contributed by atoms with E-state index in [2.05, 4.69) is 52.7 Å². The molecule has 0 spiro atoms. The van der Waals surface area contributed by atoms with Gasteiger partial charge in [-0.25, -0.2) is 9.67 Å². The Morgan fingerprint density at radius 1 is 1.15 bits per heavy atom. The molecule has 1 aliphatic heterocycles. The van der Waals surface area contributed by atoms with E-state index in [0.717, 1.165) is 48.6 Å². The normalized spacial score (nSPS) is 14.3. The molecule has 3 aromatic heterocycles. The van der Waals surface area contributed by atoms with Crippen LogP contribution in [0.3, 0.4) is 0 Å². The third kappa shape index (κ3) is 7.48. The highest BCUT2D eigenvalue weighted by atomic mass is 16.5. The summed E-state index contributed by atoms with van der Waals surface area (Å²) in [5.74, 6) is 1.50. The van der Waals surface area contributed by atoms with Crippen molar-refractivity contribution in [3.63, 3.8) is 0 Å². The van der Waals surface area contributed by atoms with E-state index in [1.807, 2.05) is 33.2 Å². The van der Waals surface area contributed by atoms with Crippen molar-refractivity contribution in [2.75, 3.05) is 49.3 Å². The number of hydrogen-bond donors (Lipinski definition) is 3. The zero-order valence-corrected chi connectivity index (χ0v) is 23.1. The molecule has 0 saturated carbocycles. The molecule has 13 nitrogen and oxygen atoms in total. The summed E-state index contributed by atoms with van der Waals surface area (Å²) in [6, 6.07) is 1.87. The summed E-state index contributed by atoms with van der Waals surface area (Å²) in [5.41, 5.74) is 3.70. The SMILES string of the molecule is C=NC(=Nc1c(C)c(Nc2cc(NC(=O)CN3CCCCC3)cnc2C)nn1C)Nc1cnn(CCOC)c1. The number of piperidine rings is 1. The summed E-state index contributed by atoms with van der Waals surface area (Å²) < 4.78 is 8.53. The van der Waals surface area contributed by atoms with Crippen molar-refractivity contribution >= 4 is 47.3 Å². The van der Waals surface area contributed by atoms with Crippen LogP contribution in [0.4, 0.5) is 28.7 Å². The second-order valence-electron chi connectivity index (χ2n) is 9.49. The predicted molar refractivity (Wildman–Crippen MR) is 153 cm³/mol. The number of nitrogens with one attached hydrogen (secondary N) is 3. The highest BCUT2D eigenvalue weighted by Gasteiger charge is 2.17. The fourth-order valence-corrected chi connectivity index (χ4v) is 4.34. The summed E-state index contributed by atoms with van der Waals surface area (Å²) in [5, 5.41) is 18.3. The molecule has 3 aromatic rings. The molecule has 4 heterocycles. The molecule has 0 aromatic carbocycles. The van der Waals surface area contributed by atoms with Gasteiger partial charge in [-0.2, -0.15) is 15.2 Å². The molecule has 13 heteroatoms. The number of amides is 1. The summed E-state index contributed by atoms with van der Waals surface area (Å²) >= 11 is 0. The van der Waals surface area contributed by atoms with Gasteiger partial charge < -0.3 is 20.7 Å². The van der Waals surface area contributed by atoms with Gasteiger partial charge in [0.1, 0.15) is 0 Å². The van der Waals surface area contributed by atoms with Crippen molar-refractivity contribution in [1.82, 2.24) is 29.4 Å². The van der Waals surface area contributed by atoms with Crippen LogP contribution in [0, 0.1) is 13.8 Å². The number of rotatable bonds is 10. The Bertz CT molecular complexity index is 1320. The van der Waals surface area contributed by atoms with Gasteiger partial charge in [-0.3, -0.25) is 19.4 Å². The number of methoxy groups -OCH3 is 1. The van der Waals surface area contributed by atoms with Crippen molar-refractivity contribution in [3.8, 4) is 0 Å². The van der Waals surface area contributed by atoms with Crippen LogP contribution in [-0.2, 0) is 23.1 Å². The van der Waals surface area contributed by atoms with E-state index in [4.69, 9.17) is 4.74 Å². The van der Waals surface area contributed by atoms with Crippen LogP contribution in [0.5, 0.6) is 0 Å². The second kappa shape index (κ2) is 13.1. The van der Waals surface area contributed by atoms with Gasteiger partial charge in [-0.15, -0.1) is 0 Å². The van der Waals surface area contributed by atoms with E-state index < -0.39 is 0 Å². The molecule has 0 bridgehead atoms. The maximum absolute atomic E-state index is 12.6. The molecule has 3 N–H and O–H groups in total. The number of nitrogens with zero attached hydrogens (tertiary/aromatic N) is 8. The first-order valence-electron chi connectivity index (χ1n) is 13.0. The molecule has 0 unspecified atom stereocenters. The van der Waals surface area contributed by atoms with Gasteiger partial charge >= 0.3 is 0 Å². The Morgan fingerprint density at radius 2 is 1.95 bits per heavy atom. The highest BCUT2D eigenvalue weighted by Crippen LogP contribution is 2.29. The van der Waals surface area contributed by atoms with E-state index in [9.17, 15) is 4.79 Å². The lowest BCUT2D eigenvalue weighted by Crippen LogP contribution is -2.36. The molecule has 1 amide bonds. The van der Waals surface area contributed by atoms with E-state index in [0.29, 0.717) is 43.0 Å². The standard InChI is InChI=1S/C26H37N11O2/c1-18-24(32-22-13-20(14-28-19(22)2)30-23(38)17-36-9-7-6-8-10-36)34-35(4)25(18)33-26(27-3)31-21-15-29-37(16-21)11-12-39-5/h13-16H,3,6-12,17H2,1-2,4-5H3,(H,30,38)(H,31,33)(H,32,34). The molecule has 0 aliphatic carbocycles. The first-order valence-corrected chi connectivity index (χ1v) is 13.0. The quantitative estimate of drug-likeness (QED) is 0.266. The number of guanidine groups is 1. The maximum atomic E-state index is 12.6. The highest BCUT2D eigenvalue weighted by molar-refractivity contribution is 5.98. The number of aryl methyl sites for hydroxylation is 2. The minimum absolute atomic E-state index is 0.0414. The lowest BCUT2D eigenvalue weighted by atomic mass is 10.1. The van der Waals surface area contributed by atoms with Gasteiger partial charge in [0.2, 0.25) is 11.9 Å². The molecule has 208 valence electrons. The topological polar surface area (TPSA) is 139 Å². The van der Waals surface area contributed by atoms with Gasteiger partial charge in [0.15, 0.2) is 11.6 Å². The average molecular weight is 536 g/mol. The molecular formula is C26H37N11O2. The van der Waals surface area contributed by atoms with Crippen LogP contribution in [0.25, 0.3) is 0 Å². The number of hydrogen-bond acceptors (Lipinski definition) is 8. The fourth-order valence-electron chi connectivity index (χ4n) is 4.34. The number of anilines is 4. The van der Waals surface area contributed by atoms with Gasteiger partial charge in [0, 0.05) is 25.9 Å². The molecule has 4 rings (SSSR count). The van der Waals surface area contributed by atoms with E-state index >= 15 is 0 Å². The zero-order chi connectivity index (χ0) is 27.8. The number of ether oxygens (including phenoxy) is 1. The zero-order valence-electron chi connectivity index (χ0n) is 23.1. The number of likely N-dealkylation sites (tertiary alicyclic amines) is 1. The van der Waals surface area contributed by atoms with Crippen molar-refractivity contribution < 1.29 is 9.53 Å². The molecule has 1 saturated heterocycles. The molecule has 0 radical (unpaired) electrons. The number of carbonyl (C=O) groups excluding carboxylic acids is 1. The van der Waals surface area contributed by atoms with Crippen molar-refractivity contribution in [2.45, 2.75) is 39.7 Å². The van der Waals surface area contributed by atoms with Crippen molar-refractivity contribution in [3.05, 3.63) is 35.9 Å². The van der Waals surface area contributed by atoms with Gasteiger partial charge in [-0.1, -0.05) is 6.42 Å². The summed E-state index contributed by atoms with van der Waals surface area (Å²) in [4.78, 5) is 27.9. The monoisotopic (exact) mass is 535 g/mol. The molecule has 39 heavy (non-hydrogen) atoms. The maximum Gasteiger partial charge on any atom is 0.238 e. The third-order valence-corrected chi connectivity index (χ3v) is 6.46. The molecule has 0 atom stereocenters. The first kappa shape index (κ1) is 27.9. The molecular weight excluding hydrogens is 498 g/mol. The lowest BCUT2D eigenvalue weighted by molar-refractivity contribution is -0.117. The summed E-state index contributed by atoms with van der Waals surface area (Å²) in [7, 11) is 3.46. The second-order valence-corrected chi connectivity index (χ2v) is 9.49. The largest absolute Gasteiger partial charge is 0.383 e. The smallest absolute Gasteiger partial charge is 0.238 e. The number of aliphatic imine (C=N–C) groups is 2. The predicted octanol–water partition coefficient (Wildman–Crippen LogP) is 3.24. The van der Waals surface area contributed by atoms with Gasteiger partial charge in [-0.05, 0) is 52.6 Å². The Kier molecular flexibility index (Phi) is 9.39. The van der Waals surface area contributed by atoms with Crippen LogP contribution in [0.2, 0.25) is 0 Å². The van der Waals surface area contributed by atoms with E-state index in [1.54, 1.807) is 28.9 Å². The minimum Gasteiger partial charge on any atom is -0.383 e. The third-order valence-electron chi connectivity index (χ3n) is 6.46. The van der Waals surface area contributed by atoms with Crippen molar-refractivity contribution in [1.29, 1.82) is 0 Å². The van der Waals surface area contributed by atoms with E-state index in [-0.39, 0.29) is 5.91 Å². The molecule has 1 aliphatic rings. The van der Waals surface area contributed by atoms with E-state index in [1.165, 1.54) is 6.42 Å². The van der Waals surface area contributed by atoms with Crippen molar-refractivity contribution in [2.24, 2.45) is 17.0 Å². The van der Waals surface area contributed by atoms with Crippen LogP contribution < -0.4 is 16.0 Å². The van der Waals surface area contributed by atoms with Gasteiger partial charge in [0.05, 0.1) is 54.8 Å². The minimum atomic E-state index is -0.0414. The van der Waals surface area contributed by atoms with Gasteiger partial charge in [0.25, 0.3) is 0 Å². The Balaban J connectivity index is 1.46. The van der Waals surface area contributed by atoms with Crippen LogP contribution >= 0.6 is 0 Å². The summed E-state index contributed by atoms with van der Waals surface area (Å²) in [6.07, 6.45) is 8.72. The fraction of sp³-hybridized carbons (Fsp3) is 0.462. The van der Waals surface area contributed by atoms with Crippen LogP contribution in [0.15, 0.2) is 34.6 Å². The lowest BCUT2D eigenvalue weighted by Gasteiger charge is -2.25. The Morgan fingerprint density at radius 3 is 2.69 bits per heavy atom. The number of pyridine rings is 1. The van der Waals surface area contributed by atoms with Crippen LogP contribution in [-0.4, -0.2) is 81.4 Å².